The van der Waals surface area contributed by atoms with E-state index < -0.39 is 91.5 Å². The third kappa shape index (κ3) is 62.7. The molecule has 5 atom stereocenters. The van der Waals surface area contributed by atoms with Crippen LogP contribution in [0.1, 0.15) is 290 Å². The van der Waals surface area contributed by atoms with Crippen LogP contribution in [0.5, 0.6) is 0 Å². The van der Waals surface area contributed by atoms with E-state index in [1.165, 1.54) is 122 Å². The first-order valence-electron chi connectivity index (χ1n) is 33.6. The van der Waals surface area contributed by atoms with Gasteiger partial charge < -0.3 is 34.2 Å². The summed E-state index contributed by atoms with van der Waals surface area (Å²) < 4.78 is 60.7. The van der Waals surface area contributed by atoms with E-state index in [4.69, 9.17) is 32.3 Å². The maximum absolute atomic E-state index is 12.8. The Morgan fingerprint density at radius 3 is 1.00 bits per heavy atom. The predicted molar refractivity (Wildman–Crippen MR) is 344 cm³/mol. The molecule has 0 amide bonds. The summed E-state index contributed by atoms with van der Waals surface area (Å²) in [5, 5.41) is 20.5. The topological polar surface area (TPSA) is 231 Å². The van der Waals surface area contributed by atoms with Crippen molar-refractivity contribution in [3.05, 3.63) is 60.8 Å². The number of carbonyl (C=O) groups is 3. The molecule has 85 heavy (non-hydrogen) atoms. The molecule has 0 spiro atoms. The normalized spacial score (nSPS) is 14.7. The lowest BCUT2D eigenvalue weighted by atomic mass is 10.0. The second kappa shape index (κ2) is 61.5. The van der Waals surface area contributed by atoms with Gasteiger partial charge in [-0.25, -0.2) is 9.13 Å². The Kier molecular flexibility index (Phi) is 59.5. The van der Waals surface area contributed by atoms with E-state index in [2.05, 4.69) is 81.5 Å². The number of ether oxygens (including phenoxy) is 3. The van der Waals surface area contributed by atoms with E-state index in [0.29, 0.717) is 19.3 Å². The van der Waals surface area contributed by atoms with E-state index in [1.807, 2.05) is 0 Å². The number of phosphoric acid groups is 2. The van der Waals surface area contributed by atoms with Crippen LogP contribution < -0.4 is 0 Å². The molecule has 0 bridgehead atoms. The van der Waals surface area contributed by atoms with Gasteiger partial charge in [-0.05, 0) is 83.5 Å². The molecule has 18 heteroatoms. The van der Waals surface area contributed by atoms with Gasteiger partial charge in [0.25, 0.3) is 0 Å². The van der Waals surface area contributed by atoms with Crippen LogP contribution in [0, 0.1) is 0 Å². The zero-order chi connectivity index (χ0) is 62.4. The van der Waals surface area contributed by atoms with Crippen LogP contribution in [0.25, 0.3) is 0 Å². The quantitative estimate of drug-likeness (QED) is 0.0146. The summed E-state index contributed by atoms with van der Waals surface area (Å²) in [4.78, 5) is 58.2. The molecule has 0 aliphatic heterocycles. The number of hydrogen-bond acceptors (Lipinski definition) is 14. The Hall–Kier alpha value is -2.75. The van der Waals surface area contributed by atoms with E-state index in [0.717, 1.165) is 109 Å². The molecular formula is C67H122O16P2. The zero-order valence-corrected chi connectivity index (χ0v) is 55.3. The third-order valence-corrected chi connectivity index (χ3v) is 16.1. The second-order valence-electron chi connectivity index (χ2n) is 22.6. The second-order valence-corrected chi connectivity index (χ2v) is 25.5. The summed E-state index contributed by atoms with van der Waals surface area (Å²) in [5.74, 6) is -1.58. The van der Waals surface area contributed by atoms with Gasteiger partial charge in [-0.3, -0.25) is 32.5 Å². The van der Waals surface area contributed by atoms with Crippen molar-refractivity contribution in [1.29, 1.82) is 0 Å². The highest BCUT2D eigenvalue weighted by molar-refractivity contribution is 7.47. The van der Waals surface area contributed by atoms with Crippen LogP contribution in [-0.4, -0.2) is 95.9 Å². The van der Waals surface area contributed by atoms with Crippen molar-refractivity contribution in [2.45, 2.75) is 309 Å². The minimum Gasteiger partial charge on any atom is -0.463 e. The van der Waals surface area contributed by atoms with Crippen molar-refractivity contribution < 1.29 is 75.8 Å². The largest absolute Gasteiger partial charge is 0.472 e. The summed E-state index contributed by atoms with van der Waals surface area (Å²) in [6.07, 6.45) is 61.5. The molecule has 0 aromatic rings. The van der Waals surface area contributed by atoms with Gasteiger partial charge in [-0.2, -0.15) is 0 Å². The fourth-order valence-electron chi connectivity index (χ4n) is 9.01. The molecule has 0 aromatic heterocycles. The molecule has 0 radical (unpaired) electrons. The number of rotatable bonds is 64. The van der Waals surface area contributed by atoms with Crippen molar-refractivity contribution in [1.82, 2.24) is 0 Å². The molecule has 496 valence electrons. The molecule has 5 unspecified atom stereocenters. The third-order valence-electron chi connectivity index (χ3n) is 14.2. The molecule has 4 N–H and O–H groups in total. The monoisotopic (exact) mass is 1240 g/mol. The van der Waals surface area contributed by atoms with Gasteiger partial charge in [0.2, 0.25) is 0 Å². The molecule has 0 fully saturated rings. The lowest BCUT2D eigenvalue weighted by Gasteiger charge is -2.21. The van der Waals surface area contributed by atoms with Crippen LogP contribution in [-0.2, 0) is 55.8 Å². The van der Waals surface area contributed by atoms with Gasteiger partial charge in [-0.15, -0.1) is 0 Å². The highest BCUT2D eigenvalue weighted by Crippen LogP contribution is 2.45. The summed E-state index contributed by atoms with van der Waals surface area (Å²) in [6, 6.07) is 0. The minimum absolute atomic E-state index is 0.0984. The number of carbonyl (C=O) groups excluding carboxylic acids is 3. The number of aliphatic hydroxyl groups excluding tert-OH is 2. The molecule has 16 nitrogen and oxygen atoms in total. The highest BCUT2D eigenvalue weighted by atomic mass is 31.2. The van der Waals surface area contributed by atoms with Gasteiger partial charge >= 0.3 is 33.6 Å². The SMILES string of the molecule is CCCC/C=C\CCCCCCCC(=O)OC(COC(=O)CCCCCCCCCCCCCCC)COP(=O)(O)OCC(O)COP(=O)(O)OCC(O)COC(=O)CCCCCCCCCCC/C=C\C/C=C\C/C=C\C/C=C\CCCCC. The van der Waals surface area contributed by atoms with Crippen LogP contribution in [0.3, 0.4) is 0 Å². The van der Waals surface area contributed by atoms with Crippen molar-refractivity contribution >= 4 is 33.6 Å². The molecule has 0 saturated heterocycles. The number of unbranched alkanes of at least 4 members (excludes halogenated alkanes) is 31. The number of phosphoric ester groups is 2. The number of hydrogen-bond donors (Lipinski definition) is 4. The summed E-state index contributed by atoms with van der Waals surface area (Å²) in [5.41, 5.74) is 0. The van der Waals surface area contributed by atoms with Gasteiger partial charge in [0.15, 0.2) is 6.10 Å². The van der Waals surface area contributed by atoms with Crippen LogP contribution in [0.4, 0.5) is 0 Å². The molecule has 0 aliphatic rings. The van der Waals surface area contributed by atoms with Gasteiger partial charge in [-0.1, -0.05) is 248 Å². The Morgan fingerprint density at radius 1 is 0.329 bits per heavy atom. The maximum Gasteiger partial charge on any atom is 0.472 e. The number of allylic oxidation sites excluding steroid dienone is 10. The van der Waals surface area contributed by atoms with Gasteiger partial charge in [0, 0.05) is 19.3 Å². The van der Waals surface area contributed by atoms with Gasteiger partial charge in [0.1, 0.15) is 25.4 Å². The Balaban J connectivity index is 4.46. The van der Waals surface area contributed by atoms with E-state index >= 15 is 0 Å². The maximum atomic E-state index is 12.8. The average molecular weight is 1250 g/mol. The lowest BCUT2D eigenvalue weighted by molar-refractivity contribution is -0.161. The van der Waals surface area contributed by atoms with Crippen molar-refractivity contribution in [3.63, 3.8) is 0 Å². The molecule has 0 rings (SSSR count). The first-order valence-corrected chi connectivity index (χ1v) is 36.6. The first-order chi connectivity index (χ1) is 41.2. The number of esters is 3. The van der Waals surface area contributed by atoms with Crippen LogP contribution >= 0.6 is 15.6 Å². The Labute approximate surface area is 516 Å². The average Bonchev–Trinajstić information content (AvgIpc) is 3.52. The lowest BCUT2D eigenvalue weighted by Crippen LogP contribution is -2.30. The minimum atomic E-state index is -4.91. The zero-order valence-electron chi connectivity index (χ0n) is 53.5. The highest BCUT2D eigenvalue weighted by Gasteiger charge is 2.29. The van der Waals surface area contributed by atoms with E-state index in [9.17, 15) is 43.5 Å². The first kappa shape index (κ1) is 82.2. The molecule has 0 aliphatic carbocycles. The summed E-state index contributed by atoms with van der Waals surface area (Å²) >= 11 is 0. The predicted octanol–water partition coefficient (Wildman–Crippen LogP) is 18.2. The van der Waals surface area contributed by atoms with Crippen molar-refractivity contribution in [2.24, 2.45) is 0 Å². The van der Waals surface area contributed by atoms with Crippen molar-refractivity contribution in [3.8, 4) is 0 Å². The van der Waals surface area contributed by atoms with Crippen LogP contribution in [0.2, 0.25) is 0 Å². The van der Waals surface area contributed by atoms with Gasteiger partial charge in [0.05, 0.1) is 26.4 Å². The molecule has 0 heterocycles. The summed E-state index contributed by atoms with van der Waals surface area (Å²) in [6.45, 7) is 2.60. The summed E-state index contributed by atoms with van der Waals surface area (Å²) in [7, 11) is -9.76. The molecule has 0 saturated carbocycles. The van der Waals surface area contributed by atoms with E-state index in [1.54, 1.807) is 0 Å². The smallest absolute Gasteiger partial charge is 0.463 e. The standard InChI is InChI=1S/C67H122O16P2/c1-4-7-10-13-16-19-22-24-25-26-27-28-29-30-31-32-33-34-35-37-40-41-44-47-50-53-65(70)77-56-62(68)57-79-84(73,74)80-58-63(69)59-81-85(75,76)82-61-64(83-67(72)55-52-49-46-43-38-21-18-15-12-9-6-3)60-78-66(71)54-51-48-45-42-39-36-23-20-17-14-11-8-5-2/h15-16,18-19,24-25,27-28,30-31,62-64,68-69H,4-14,17,20-23,26,29,32-61H2,1-3H3,(H,73,74)(H,75,76)/b18-15-,19-16-,25-24-,28-27-,31-30-. The molecule has 0 aromatic carbocycles. The van der Waals surface area contributed by atoms with Crippen molar-refractivity contribution in [2.75, 3.05) is 39.6 Å². The van der Waals surface area contributed by atoms with E-state index in [-0.39, 0.29) is 19.3 Å². The Bertz CT molecular complexity index is 1800. The fourth-order valence-corrected chi connectivity index (χ4v) is 10.6. The fraction of sp³-hybridized carbons (Fsp3) is 0.806. The molecular weight excluding hydrogens is 1120 g/mol. The van der Waals surface area contributed by atoms with Crippen LogP contribution in [0.15, 0.2) is 60.8 Å². The number of aliphatic hydroxyl groups is 2. The Morgan fingerprint density at radius 2 is 0.600 bits per heavy atom.